The third-order valence-corrected chi connectivity index (χ3v) is 3.36. The molecule has 3 heteroatoms. The quantitative estimate of drug-likeness (QED) is 0.825. The molecule has 1 heterocycles. The zero-order valence-corrected chi connectivity index (χ0v) is 9.74. The van der Waals surface area contributed by atoms with Crippen LogP contribution in [0.3, 0.4) is 0 Å². The Labute approximate surface area is 91.7 Å². The second-order valence-corrected chi connectivity index (χ2v) is 4.82. The molecule has 0 amide bonds. The number of hydrogen-bond donors (Lipinski definition) is 1. The fraction of sp³-hybridized carbons (Fsp3) is 0.750. The first kappa shape index (κ1) is 10.7. The second-order valence-electron chi connectivity index (χ2n) is 4.82. The Balaban J connectivity index is 2.15. The molecule has 1 unspecified atom stereocenters. The molecule has 1 aliphatic rings. The number of hydrogen-bond acceptors (Lipinski definition) is 2. The van der Waals surface area contributed by atoms with Crippen molar-refractivity contribution in [3.8, 4) is 0 Å². The third kappa shape index (κ3) is 2.23. The lowest BCUT2D eigenvalue weighted by atomic mass is 10.1. The first-order chi connectivity index (χ1) is 7.18. The third-order valence-electron chi connectivity index (χ3n) is 3.36. The van der Waals surface area contributed by atoms with Crippen LogP contribution in [0.2, 0.25) is 0 Å². The van der Waals surface area contributed by atoms with Crippen LogP contribution in [0.5, 0.6) is 0 Å². The molecule has 3 nitrogen and oxygen atoms in total. The molecule has 2 N–H and O–H groups in total. The summed E-state index contributed by atoms with van der Waals surface area (Å²) >= 11 is 0. The van der Waals surface area contributed by atoms with Crippen molar-refractivity contribution in [3.63, 3.8) is 0 Å². The van der Waals surface area contributed by atoms with E-state index in [1.54, 1.807) is 0 Å². The molecule has 1 aromatic heterocycles. The lowest BCUT2D eigenvalue weighted by Crippen LogP contribution is -2.18. The van der Waals surface area contributed by atoms with Gasteiger partial charge < -0.3 is 5.73 Å². The molecular weight excluding hydrogens is 186 g/mol. The van der Waals surface area contributed by atoms with E-state index in [9.17, 15) is 0 Å². The van der Waals surface area contributed by atoms with Crippen LogP contribution in [-0.4, -0.2) is 15.8 Å². The first-order valence-electron chi connectivity index (χ1n) is 5.97. The number of nitrogens with zero attached hydrogens (tertiary/aromatic N) is 2. The van der Waals surface area contributed by atoms with Crippen LogP contribution < -0.4 is 5.73 Å². The Hall–Kier alpha value is -0.830. The Morgan fingerprint density at radius 3 is 2.80 bits per heavy atom. The van der Waals surface area contributed by atoms with Gasteiger partial charge in [-0.25, -0.2) is 0 Å². The molecule has 1 fully saturated rings. The Kier molecular flexibility index (Phi) is 3.10. The molecule has 1 atom stereocenters. The predicted molar refractivity (Wildman–Crippen MR) is 61.8 cm³/mol. The minimum absolute atomic E-state index is 0.227. The normalized spacial score (nSPS) is 19.7. The van der Waals surface area contributed by atoms with Gasteiger partial charge >= 0.3 is 0 Å². The Morgan fingerprint density at radius 1 is 1.53 bits per heavy atom. The largest absolute Gasteiger partial charge is 0.328 e. The van der Waals surface area contributed by atoms with Gasteiger partial charge in [-0.05, 0) is 38.7 Å². The van der Waals surface area contributed by atoms with Gasteiger partial charge in [0.1, 0.15) is 0 Å². The van der Waals surface area contributed by atoms with E-state index in [-0.39, 0.29) is 6.04 Å². The van der Waals surface area contributed by atoms with E-state index in [0.29, 0.717) is 6.04 Å². The minimum Gasteiger partial charge on any atom is -0.328 e. The van der Waals surface area contributed by atoms with Gasteiger partial charge in [-0.2, -0.15) is 5.10 Å². The van der Waals surface area contributed by atoms with Crippen LogP contribution >= 0.6 is 0 Å². The molecule has 0 spiro atoms. The highest BCUT2D eigenvalue weighted by Gasteiger charge is 2.20. The van der Waals surface area contributed by atoms with E-state index >= 15 is 0 Å². The fourth-order valence-electron chi connectivity index (χ4n) is 2.52. The maximum atomic E-state index is 5.82. The summed E-state index contributed by atoms with van der Waals surface area (Å²) in [5.41, 5.74) is 8.45. The molecule has 1 aliphatic carbocycles. The summed E-state index contributed by atoms with van der Waals surface area (Å²) < 4.78 is 2.21. The first-order valence-corrected chi connectivity index (χ1v) is 5.97. The molecule has 0 saturated heterocycles. The molecule has 0 bridgehead atoms. The summed E-state index contributed by atoms with van der Waals surface area (Å²) in [4.78, 5) is 0. The molecule has 0 radical (unpaired) electrons. The summed E-state index contributed by atoms with van der Waals surface area (Å²) in [6.07, 6.45) is 8.23. The summed E-state index contributed by atoms with van der Waals surface area (Å²) in [5, 5.41) is 4.51. The lowest BCUT2D eigenvalue weighted by Gasteiger charge is -2.13. The smallest absolute Gasteiger partial charge is 0.0525 e. The number of nitrogens with two attached hydrogens (primary N) is 1. The topological polar surface area (TPSA) is 43.8 Å². The second kappa shape index (κ2) is 4.35. The predicted octanol–water partition coefficient (Wildman–Crippen LogP) is 2.20. The zero-order valence-electron chi connectivity index (χ0n) is 9.74. The monoisotopic (exact) mass is 207 g/mol. The highest BCUT2D eigenvalue weighted by Crippen LogP contribution is 2.30. The maximum Gasteiger partial charge on any atom is 0.0525 e. The average molecular weight is 207 g/mol. The molecule has 0 aliphatic heterocycles. The van der Waals surface area contributed by atoms with Gasteiger partial charge in [-0.15, -0.1) is 0 Å². The number of rotatable bonds is 3. The van der Waals surface area contributed by atoms with Crippen molar-refractivity contribution in [2.45, 2.75) is 58.0 Å². The van der Waals surface area contributed by atoms with E-state index in [0.717, 1.165) is 6.42 Å². The summed E-state index contributed by atoms with van der Waals surface area (Å²) in [7, 11) is 0. The number of aromatic nitrogens is 2. The summed E-state index contributed by atoms with van der Waals surface area (Å²) in [6.45, 7) is 4.22. The van der Waals surface area contributed by atoms with Crippen LogP contribution in [0.15, 0.2) is 6.20 Å². The van der Waals surface area contributed by atoms with E-state index in [4.69, 9.17) is 5.73 Å². The van der Waals surface area contributed by atoms with Crippen LogP contribution in [0, 0.1) is 6.92 Å². The van der Waals surface area contributed by atoms with Gasteiger partial charge in [0.2, 0.25) is 0 Å². The average Bonchev–Trinajstić information content (AvgIpc) is 2.76. The Morgan fingerprint density at radius 2 is 2.20 bits per heavy atom. The standard InChI is InChI=1S/C12H21N3/c1-9(13)7-11-8-14-15(10(11)2)12-5-3-4-6-12/h8-9,12H,3-7,13H2,1-2H3. The van der Waals surface area contributed by atoms with Gasteiger partial charge in [0.05, 0.1) is 12.2 Å². The van der Waals surface area contributed by atoms with Gasteiger partial charge in [0.15, 0.2) is 0 Å². The van der Waals surface area contributed by atoms with Gasteiger partial charge in [-0.1, -0.05) is 12.8 Å². The Bertz CT molecular complexity index is 322. The van der Waals surface area contributed by atoms with Gasteiger partial charge in [0.25, 0.3) is 0 Å². The molecule has 2 rings (SSSR count). The van der Waals surface area contributed by atoms with Crippen LogP contribution in [0.4, 0.5) is 0 Å². The van der Waals surface area contributed by atoms with Crippen molar-refractivity contribution < 1.29 is 0 Å². The molecule has 15 heavy (non-hydrogen) atoms. The van der Waals surface area contributed by atoms with Gasteiger partial charge in [0, 0.05) is 11.7 Å². The molecule has 0 aromatic carbocycles. The van der Waals surface area contributed by atoms with E-state index in [2.05, 4.69) is 16.7 Å². The van der Waals surface area contributed by atoms with E-state index < -0.39 is 0 Å². The fourth-order valence-corrected chi connectivity index (χ4v) is 2.52. The van der Waals surface area contributed by atoms with Gasteiger partial charge in [-0.3, -0.25) is 4.68 Å². The zero-order chi connectivity index (χ0) is 10.8. The van der Waals surface area contributed by atoms with Crippen molar-refractivity contribution >= 4 is 0 Å². The van der Waals surface area contributed by atoms with Crippen molar-refractivity contribution in [3.05, 3.63) is 17.5 Å². The molecule has 84 valence electrons. The summed E-state index contributed by atoms with van der Waals surface area (Å²) in [6, 6.07) is 0.872. The van der Waals surface area contributed by atoms with E-state index in [1.165, 1.54) is 36.9 Å². The van der Waals surface area contributed by atoms with Crippen molar-refractivity contribution in [1.82, 2.24) is 9.78 Å². The van der Waals surface area contributed by atoms with Crippen LogP contribution in [0.25, 0.3) is 0 Å². The minimum atomic E-state index is 0.227. The van der Waals surface area contributed by atoms with Crippen LogP contribution in [0.1, 0.15) is 49.9 Å². The summed E-state index contributed by atoms with van der Waals surface area (Å²) in [5.74, 6) is 0. The van der Waals surface area contributed by atoms with E-state index in [1.807, 2.05) is 13.1 Å². The molecular formula is C12H21N3. The SMILES string of the molecule is Cc1c(CC(C)N)cnn1C1CCCC1. The highest BCUT2D eigenvalue weighted by molar-refractivity contribution is 5.18. The van der Waals surface area contributed by atoms with Crippen molar-refractivity contribution in [2.24, 2.45) is 5.73 Å². The molecule has 1 aromatic rings. The highest BCUT2D eigenvalue weighted by atomic mass is 15.3. The maximum absolute atomic E-state index is 5.82. The lowest BCUT2D eigenvalue weighted by molar-refractivity contribution is 0.456. The van der Waals surface area contributed by atoms with Crippen molar-refractivity contribution in [1.29, 1.82) is 0 Å². The van der Waals surface area contributed by atoms with Crippen LogP contribution in [-0.2, 0) is 6.42 Å². The molecule has 1 saturated carbocycles. The van der Waals surface area contributed by atoms with Crippen molar-refractivity contribution in [2.75, 3.05) is 0 Å².